The fourth-order valence-electron chi connectivity index (χ4n) is 11.8. The number of carbonyl (C=O) groups excluding carboxylic acids is 2. The fourth-order valence-corrected chi connectivity index (χ4v) is 11.8. The van der Waals surface area contributed by atoms with E-state index in [1.54, 1.807) is 22.7 Å². The summed E-state index contributed by atoms with van der Waals surface area (Å²) in [6.45, 7) is 9.09. The second-order valence-corrected chi connectivity index (χ2v) is 21.6. The highest BCUT2D eigenvalue weighted by Crippen LogP contribution is 2.37. The molecule has 2 aromatic carbocycles. The molecule has 4 N–H and O–H groups in total. The SMILES string of the molecule is COCCN1C[C@@H](n2cc(F)c(F)c2)[C@H](NC(=O)Nc2c(C)c(-c3cnc4c(c3)C(COCCN3C[C@@H](n5cc(F)c(F)c5)[C@H](NC(=O)Nc5c(C)c(-c6cnc7c(c6)CN(C)C7)nn5-c5ccccc5)C3)OC4)nn2-c2ccccc2)C1. The predicted molar refractivity (Wildman–Crippen MR) is 300 cm³/mol. The van der Waals surface area contributed by atoms with Gasteiger partial charge in [-0.15, -0.1) is 0 Å². The Morgan fingerprint density at radius 3 is 1.66 bits per heavy atom. The highest BCUT2D eigenvalue weighted by atomic mass is 19.2. The molecule has 0 radical (unpaired) electrons. The van der Waals surface area contributed by atoms with Gasteiger partial charge >= 0.3 is 12.1 Å². The van der Waals surface area contributed by atoms with Gasteiger partial charge < -0.3 is 34.0 Å². The van der Waals surface area contributed by atoms with Crippen molar-refractivity contribution in [3.05, 3.63) is 167 Å². The van der Waals surface area contributed by atoms with E-state index in [1.165, 1.54) is 9.13 Å². The number of halogens is 4. The van der Waals surface area contributed by atoms with Crippen LogP contribution in [0.5, 0.6) is 0 Å². The van der Waals surface area contributed by atoms with Gasteiger partial charge in [-0.3, -0.25) is 35.3 Å². The molecule has 4 amide bonds. The maximum absolute atomic E-state index is 14.6. The van der Waals surface area contributed by atoms with Gasteiger partial charge in [-0.2, -0.15) is 10.2 Å². The van der Waals surface area contributed by atoms with E-state index in [1.807, 2.05) is 93.8 Å². The number of amides is 4. The van der Waals surface area contributed by atoms with Gasteiger partial charge in [0.2, 0.25) is 0 Å². The summed E-state index contributed by atoms with van der Waals surface area (Å²) in [5, 5.41) is 22.3. The van der Waals surface area contributed by atoms with E-state index in [0.717, 1.165) is 77.2 Å². The van der Waals surface area contributed by atoms with Crippen LogP contribution in [0.4, 0.5) is 38.8 Å². The Bertz CT molecular complexity index is 3630. The van der Waals surface area contributed by atoms with E-state index in [4.69, 9.17) is 34.4 Å². The van der Waals surface area contributed by atoms with Crippen molar-refractivity contribution in [2.45, 2.75) is 63.8 Å². The van der Waals surface area contributed by atoms with Crippen molar-refractivity contribution in [2.75, 3.05) is 83.9 Å². The molecule has 12 rings (SSSR count). The van der Waals surface area contributed by atoms with Gasteiger partial charge in [0.25, 0.3) is 0 Å². The fraction of sp³-hybridized carbons (Fsp3) is 0.356. The first-order valence-corrected chi connectivity index (χ1v) is 27.5. The Morgan fingerprint density at radius 2 is 1.14 bits per heavy atom. The average molecular weight is 1140 g/mol. The van der Waals surface area contributed by atoms with Crippen LogP contribution in [0, 0.1) is 37.1 Å². The number of hydrogen-bond donors (Lipinski definition) is 4. The lowest BCUT2D eigenvalue weighted by molar-refractivity contribution is -0.0131. The number of ether oxygens (including phenoxy) is 3. The zero-order chi connectivity index (χ0) is 57.5. The van der Waals surface area contributed by atoms with Crippen molar-refractivity contribution >= 4 is 23.7 Å². The van der Waals surface area contributed by atoms with Gasteiger partial charge in [-0.25, -0.2) is 36.5 Å². The third kappa shape index (κ3) is 11.5. The molecule has 0 saturated carbocycles. The van der Waals surface area contributed by atoms with Crippen LogP contribution >= 0.6 is 0 Å². The van der Waals surface area contributed by atoms with Gasteiger partial charge in [-0.1, -0.05) is 36.4 Å². The van der Waals surface area contributed by atoms with Gasteiger partial charge in [0.1, 0.15) is 17.7 Å². The second kappa shape index (κ2) is 23.5. The number of benzene rings is 2. The van der Waals surface area contributed by atoms with Crippen LogP contribution in [0.3, 0.4) is 0 Å². The standard InChI is InChI=1S/C59H63F4N15O5/c1-35-54(37-19-39-23-72(3)28-47(39)64-21-37)70-77(40-11-7-5-8-12-40)56(35)68-59(80)67-49-30-74(32-52(49)76-26-45(62)46(63)27-76)16-18-82-34-53-42-20-38(22-65-50(42)33-83-53)55-36(2)57(78(71-55)41-13-9-6-10-14-41)69-58(79)66-48-29-73(15-17-81-4)31-51(48)75-24-43(60)44(61)25-75/h5-14,19-22,24-27,48-49,51-53H,15-18,23,28-34H2,1-4H3,(H2,66,69,79)(H2,67,68,80)/t48-,49-,51-,52-,53?/m1/s1. The van der Waals surface area contributed by atoms with Crippen molar-refractivity contribution in [3.63, 3.8) is 0 Å². The first-order valence-electron chi connectivity index (χ1n) is 27.5. The molecule has 83 heavy (non-hydrogen) atoms. The number of anilines is 2. The number of fused-ring (bicyclic) bond motifs is 2. The number of urea groups is 2. The van der Waals surface area contributed by atoms with Crippen molar-refractivity contribution in [1.29, 1.82) is 0 Å². The maximum atomic E-state index is 14.6. The van der Waals surface area contributed by atoms with Crippen LogP contribution < -0.4 is 21.3 Å². The number of carbonyl (C=O) groups is 2. The van der Waals surface area contributed by atoms with Gasteiger partial charge in [-0.05, 0) is 62.9 Å². The number of aromatic nitrogens is 8. The molecule has 432 valence electrons. The van der Waals surface area contributed by atoms with E-state index in [0.29, 0.717) is 85.7 Å². The number of para-hydroxylation sites is 2. The molecule has 2 fully saturated rings. The summed E-state index contributed by atoms with van der Waals surface area (Å²) >= 11 is 0. The number of nitrogens with zero attached hydrogens (tertiary/aromatic N) is 11. The van der Waals surface area contributed by atoms with Crippen molar-refractivity contribution in [1.82, 2.24) is 64.0 Å². The number of hydrogen-bond acceptors (Lipinski definition) is 12. The molecule has 4 aliphatic rings. The Morgan fingerprint density at radius 1 is 0.651 bits per heavy atom. The Labute approximate surface area is 475 Å². The summed E-state index contributed by atoms with van der Waals surface area (Å²) in [5.74, 6) is -3.03. The molecule has 0 spiro atoms. The Kier molecular flexibility index (Phi) is 15.7. The summed E-state index contributed by atoms with van der Waals surface area (Å²) in [4.78, 5) is 44.0. The third-order valence-electron chi connectivity index (χ3n) is 16.0. The van der Waals surface area contributed by atoms with E-state index < -0.39 is 65.6 Å². The molecule has 20 nitrogen and oxygen atoms in total. The predicted octanol–water partition coefficient (Wildman–Crippen LogP) is 7.93. The molecular formula is C59H63F4N15O5. The van der Waals surface area contributed by atoms with E-state index in [2.05, 4.69) is 42.0 Å². The van der Waals surface area contributed by atoms with Crippen LogP contribution in [0.25, 0.3) is 33.9 Å². The second-order valence-electron chi connectivity index (χ2n) is 21.6. The minimum absolute atomic E-state index is 0.195. The summed E-state index contributed by atoms with van der Waals surface area (Å²) in [6, 6.07) is 19.9. The summed E-state index contributed by atoms with van der Waals surface area (Å²) in [7, 11) is 3.65. The lowest BCUT2D eigenvalue weighted by atomic mass is 10.0. The van der Waals surface area contributed by atoms with Crippen LogP contribution in [0.15, 0.2) is 110 Å². The lowest BCUT2D eigenvalue weighted by Gasteiger charge is -2.22. The van der Waals surface area contributed by atoms with Crippen molar-refractivity contribution in [2.24, 2.45) is 0 Å². The number of likely N-dealkylation sites (tertiary alicyclic amines) is 2. The largest absolute Gasteiger partial charge is 0.383 e. The number of pyridine rings is 2. The number of nitrogens with one attached hydrogen (secondary N) is 4. The third-order valence-corrected chi connectivity index (χ3v) is 16.0. The zero-order valence-corrected chi connectivity index (χ0v) is 46.2. The zero-order valence-electron chi connectivity index (χ0n) is 46.2. The molecule has 10 heterocycles. The first kappa shape index (κ1) is 55.3. The Hall–Kier alpha value is -8.26. The Balaban J connectivity index is 0.714. The van der Waals surface area contributed by atoms with Gasteiger partial charge in [0, 0.05) is 124 Å². The molecule has 0 aliphatic carbocycles. The van der Waals surface area contributed by atoms with Crippen LogP contribution in [0.1, 0.15) is 51.8 Å². The summed E-state index contributed by atoms with van der Waals surface area (Å²) in [6.07, 6.45) is 7.52. The quantitative estimate of drug-likeness (QED) is 0.0480. The molecule has 2 saturated heterocycles. The maximum Gasteiger partial charge on any atom is 0.320 e. The van der Waals surface area contributed by atoms with Gasteiger partial charge in [0.15, 0.2) is 23.3 Å². The molecule has 4 aliphatic heterocycles. The van der Waals surface area contributed by atoms with Crippen LogP contribution in [-0.4, -0.2) is 151 Å². The van der Waals surface area contributed by atoms with Crippen molar-refractivity contribution in [3.8, 4) is 33.9 Å². The molecule has 1 unspecified atom stereocenters. The minimum atomic E-state index is -0.986. The van der Waals surface area contributed by atoms with Crippen LogP contribution in [-0.2, 0) is 33.9 Å². The molecule has 24 heteroatoms. The topological polar surface area (TPSA) is 191 Å². The summed E-state index contributed by atoms with van der Waals surface area (Å²) in [5.41, 5.74) is 9.33. The smallest absolute Gasteiger partial charge is 0.320 e. The van der Waals surface area contributed by atoms with Crippen LogP contribution in [0.2, 0.25) is 0 Å². The minimum Gasteiger partial charge on any atom is -0.383 e. The molecule has 6 aromatic heterocycles. The number of rotatable bonds is 18. The van der Waals surface area contributed by atoms with Gasteiger partial charge in [0.05, 0.1) is 84.7 Å². The highest BCUT2D eigenvalue weighted by molar-refractivity contribution is 5.92. The monoisotopic (exact) mass is 1140 g/mol. The average Bonchev–Trinajstić information content (AvgIpc) is 4.35. The van der Waals surface area contributed by atoms with E-state index in [-0.39, 0.29) is 19.8 Å². The summed E-state index contributed by atoms with van der Waals surface area (Å²) < 4.78 is 81.7. The number of methoxy groups -OCH3 is 1. The molecule has 8 aromatic rings. The normalized spacial score (nSPS) is 19.8. The lowest BCUT2D eigenvalue weighted by Crippen LogP contribution is -2.43. The molecule has 0 bridgehead atoms. The van der Waals surface area contributed by atoms with E-state index in [9.17, 15) is 27.2 Å². The first-order chi connectivity index (χ1) is 40.2. The van der Waals surface area contributed by atoms with Crippen molar-refractivity contribution < 1.29 is 41.4 Å². The molecular weight excluding hydrogens is 1070 g/mol. The van der Waals surface area contributed by atoms with E-state index >= 15 is 0 Å². The highest BCUT2D eigenvalue weighted by Gasteiger charge is 2.38. The molecule has 5 atom stereocenters.